The topological polar surface area (TPSA) is 62.8 Å². The molecule has 4 nitrogen and oxygen atoms in total. The molecular weight excluding hydrogens is 244 g/mol. The molecular formula is C10H12N2O2S2. The van der Waals surface area contributed by atoms with Gasteiger partial charge in [-0.2, -0.15) is 5.10 Å². The van der Waals surface area contributed by atoms with Gasteiger partial charge in [-0.15, -0.1) is 11.3 Å². The van der Waals surface area contributed by atoms with Gasteiger partial charge in [0, 0.05) is 16.1 Å². The first-order valence-electron chi connectivity index (χ1n) is 4.87. The number of aryl methyl sites for hydroxylation is 1. The average Bonchev–Trinajstić information content (AvgIpc) is 2.85. The van der Waals surface area contributed by atoms with Crippen LogP contribution in [-0.2, 0) is 9.84 Å². The van der Waals surface area contributed by atoms with E-state index in [1.54, 1.807) is 19.2 Å². The Bertz CT molecular complexity index is 596. The minimum Gasteiger partial charge on any atom is -0.282 e. The van der Waals surface area contributed by atoms with Crippen molar-refractivity contribution in [2.45, 2.75) is 18.1 Å². The number of aromatic nitrogens is 2. The summed E-state index contributed by atoms with van der Waals surface area (Å²) in [7, 11) is -3.09. The minimum absolute atomic E-state index is 0.136. The lowest BCUT2D eigenvalue weighted by atomic mass is 10.2. The second kappa shape index (κ2) is 4.03. The van der Waals surface area contributed by atoms with Crippen LogP contribution >= 0.6 is 11.3 Å². The van der Waals surface area contributed by atoms with Crippen LogP contribution in [0.5, 0.6) is 0 Å². The van der Waals surface area contributed by atoms with E-state index in [1.807, 2.05) is 13.0 Å². The SMILES string of the molecule is CCS(=O)(=O)c1ccc(-c2cn[nH]c2C)s1. The average molecular weight is 256 g/mol. The zero-order valence-electron chi connectivity index (χ0n) is 9.02. The number of hydrogen-bond donors (Lipinski definition) is 1. The molecule has 0 bridgehead atoms. The van der Waals surface area contributed by atoms with Crippen LogP contribution < -0.4 is 0 Å². The van der Waals surface area contributed by atoms with Crippen molar-refractivity contribution in [3.63, 3.8) is 0 Å². The van der Waals surface area contributed by atoms with Gasteiger partial charge in [0.2, 0.25) is 0 Å². The smallest absolute Gasteiger partial charge is 0.187 e. The highest BCUT2D eigenvalue weighted by Gasteiger charge is 2.16. The summed E-state index contributed by atoms with van der Waals surface area (Å²) in [4.78, 5) is 0.929. The Morgan fingerprint density at radius 1 is 1.44 bits per heavy atom. The summed E-state index contributed by atoms with van der Waals surface area (Å²) in [6, 6.07) is 3.48. The molecule has 0 unspecified atom stereocenters. The predicted octanol–water partition coefficient (Wildman–Crippen LogP) is 2.24. The Morgan fingerprint density at radius 2 is 2.19 bits per heavy atom. The standard InChI is InChI=1S/C10H12N2O2S2/c1-3-16(13,14)10-5-4-9(15-10)8-6-11-12-7(8)2/h4-6H,3H2,1-2H3,(H,11,12). The molecule has 86 valence electrons. The molecule has 2 aromatic heterocycles. The van der Waals surface area contributed by atoms with Crippen molar-refractivity contribution >= 4 is 21.2 Å². The molecule has 0 spiro atoms. The lowest BCUT2D eigenvalue weighted by Crippen LogP contribution is -2.00. The van der Waals surface area contributed by atoms with E-state index in [2.05, 4.69) is 10.2 Å². The van der Waals surface area contributed by atoms with E-state index in [-0.39, 0.29) is 5.75 Å². The van der Waals surface area contributed by atoms with Gasteiger partial charge in [0.05, 0.1) is 11.9 Å². The van der Waals surface area contributed by atoms with Crippen molar-refractivity contribution < 1.29 is 8.42 Å². The zero-order chi connectivity index (χ0) is 11.8. The first-order valence-corrected chi connectivity index (χ1v) is 7.34. The van der Waals surface area contributed by atoms with E-state index in [0.29, 0.717) is 4.21 Å². The zero-order valence-corrected chi connectivity index (χ0v) is 10.7. The van der Waals surface area contributed by atoms with Crippen molar-refractivity contribution in [1.82, 2.24) is 10.2 Å². The highest BCUT2D eigenvalue weighted by Crippen LogP contribution is 2.32. The van der Waals surface area contributed by atoms with Crippen LogP contribution in [0, 0.1) is 6.92 Å². The van der Waals surface area contributed by atoms with Gasteiger partial charge in [-0.3, -0.25) is 5.10 Å². The molecule has 2 heterocycles. The monoisotopic (exact) mass is 256 g/mol. The van der Waals surface area contributed by atoms with Crippen LogP contribution in [0.15, 0.2) is 22.5 Å². The molecule has 0 atom stereocenters. The maximum Gasteiger partial charge on any atom is 0.187 e. The summed E-state index contributed by atoms with van der Waals surface area (Å²) in [6.07, 6.45) is 1.71. The van der Waals surface area contributed by atoms with E-state index in [4.69, 9.17) is 0 Å². The van der Waals surface area contributed by atoms with Crippen LogP contribution in [0.25, 0.3) is 10.4 Å². The van der Waals surface area contributed by atoms with Gasteiger partial charge < -0.3 is 0 Å². The number of aromatic amines is 1. The summed E-state index contributed by atoms with van der Waals surface area (Å²) in [5.74, 6) is 0.136. The molecule has 0 amide bonds. The van der Waals surface area contributed by atoms with Crippen LogP contribution in [0.1, 0.15) is 12.6 Å². The molecule has 0 aromatic carbocycles. The van der Waals surface area contributed by atoms with Crippen LogP contribution in [0.3, 0.4) is 0 Å². The molecule has 1 N–H and O–H groups in total. The molecule has 0 aliphatic rings. The molecule has 16 heavy (non-hydrogen) atoms. The molecule has 0 saturated heterocycles. The number of thiophene rings is 1. The fraction of sp³-hybridized carbons (Fsp3) is 0.300. The Hall–Kier alpha value is -1.14. The van der Waals surface area contributed by atoms with Crippen molar-refractivity contribution in [2.24, 2.45) is 0 Å². The number of nitrogens with zero attached hydrogens (tertiary/aromatic N) is 1. The van der Waals surface area contributed by atoms with E-state index in [1.165, 1.54) is 11.3 Å². The van der Waals surface area contributed by atoms with Crippen molar-refractivity contribution in [2.75, 3.05) is 5.75 Å². The fourth-order valence-corrected chi connectivity index (χ4v) is 3.87. The highest BCUT2D eigenvalue weighted by molar-refractivity contribution is 7.93. The fourth-order valence-electron chi connectivity index (χ4n) is 1.37. The number of rotatable bonds is 3. The quantitative estimate of drug-likeness (QED) is 0.916. The Kier molecular flexibility index (Phi) is 2.86. The van der Waals surface area contributed by atoms with E-state index in [9.17, 15) is 8.42 Å². The summed E-state index contributed by atoms with van der Waals surface area (Å²) in [6.45, 7) is 3.56. The maximum atomic E-state index is 11.7. The van der Waals surface area contributed by atoms with Crippen molar-refractivity contribution in [1.29, 1.82) is 0 Å². The summed E-state index contributed by atoms with van der Waals surface area (Å²) < 4.78 is 23.7. The summed E-state index contributed by atoms with van der Waals surface area (Å²) in [5, 5.41) is 6.76. The molecule has 0 aliphatic carbocycles. The van der Waals surface area contributed by atoms with Crippen molar-refractivity contribution in [3.05, 3.63) is 24.0 Å². The molecule has 0 fully saturated rings. The molecule has 0 saturated carbocycles. The highest BCUT2D eigenvalue weighted by atomic mass is 32.2. The second-order valence-corrected chi connectivity index (χ2v) is 7.02. The predicted molar refractivity (Wildman–Crippen MR) is 64.4 cm³/mol. The van der Waals surface area contributed by atoms with Crippen LogP contribution in [-0.4, -0.2) is 24.4 Å². The van der Waals surface area contributed by atoms with Gasteiger partial charge in [-0.1, -0.05) is 6.92 Å². The lowest BCUT2D eigenvalue weighted by Gasteiger charge is -1.95. The van der Waals surface area contributed by atoms with Crippen LogP contribution in [0.2, 0.25) is 0 Å². The first kappa shape index (κ1) is 11.3. The van der Waals surface area contributed by atoms with E-state index in [0.717, 1.165) is 16.1 Å². The number of H-pyrrole nitrogens is 1. The number of hydrogen-bond acceptors (Lipinski definition) is 4. The van der Waals surface area contributed by atoms with Gasteiger partial charge in [0.15, 0.2) is 9.84 Å². The normalized spacial score (nSPS) is 11.9. The van der Waals surface area contributed by atoms with Gasteiger partial charge >= 0.3 is 0 Å². The van der Waals surface area contributed by atoms with Crippen LogP contribution in [0.4, 0.5) is 0 Å². The third kappa shape index (κ3) is 1.90. The number of sulfone groups is 1. The molecule has 2 rings (SSSR count). The largest absolute Gasteiger partial charge is 0.282 e. The Balaban J connectivity index is 2.45. The second-order valence-electron chi connectivity index (χ2n) is 3.43. The third-order valence-corrected chi connectivity index (χ3v) is 5.80. The molecule has 2 aromatic rings. The van der Waals surface area contributed by atoms with Crippen molar-refractivity contribution in [3.8, 4) is 10.4 Å². The third-order valence-electron chi connectivity index (χ3n) is 2.36. The van der Waals surface area contributed by atoms with E-state index >= 15 is 0 Å². The van der Waals surface area contributed by atoms with Gasteiger partial charge in [0.25, 0.3) is 0 Å². The minimum atomic E-state index is -3.09. The van der Waals surface area contributed by atoms with Gasteiger partial charge in [0.1, 0.15) is 4.21 Å². The summed E-state index contributed by atoms with van der Waals surface area (Å²) in [5.41, 5.74) is 1.91. The molecule has 0 radical (unpaired) electrons. The van der Waals surface area contributed by atoms with Gasteiger partial charge in [-0.25, -0.2) is 8.42 Å². The lowest BCUT2D eigenvalue weighted by molar-refractivity contribution is 0.599. The van der Waals surface area contributed by atoms with Gasteiger partial charge in [-0.05, 0) is 19.1 Å². The summed E-state index contributed by atoms with van der Waals surface area (Å²) >= 11 is 1.29. The molecule has 6 heteroatoms. The first-order chi connectivity index (χ1) is 7.54. The Labute approximate surface area is 98.2 Å². The maximum absolute atomic E-state index is 11.7. The number of nitrogens with one attached hydrogen (secondary N) is 1. The van der Waals surface area contributed by atoms with E-state index < -0.39 is 9.84 Å². The molecule has 0 aliphatic heterocycles. The Morgan fingerprint density at radius 3 is 2.75 bits per heavy atom.